The van der Waals surface area contributed by atoms with Crippen molar-refractivity contribution in [3.05, 3.63) is 17.7 Å². The number of hydrogen-bond donors (Lipinski definition) is 2. The highest BCUT2D eigenvalue weighted by atomic mass is 16.6. The molecule has 1 amide bonds. The Morgan fingerprint density at radius 1 is 1.61 bits per heavy atom. The minimum Gasteiger partial charge on any atom is -0.444 e. The highest BCUT2D eigenvalue weighted by molar-refractivity contribution is 5.71. The molecular formula is C12H19N3O3. The van der Waals surface area contributed by atoms with Crippen LogP contribution in [0.1, 0.15) is 56.5 Å². The van der Waals surface area contributed by atoms with Crippen molar-refractivity contribution in [1.29, 1.82) is 0 Å². The van der Waals surface area contributed by atoms with Crippen LogP contribution >= 0.6 is 0 Å². The zero-order valence-electron chi connectivity index (χ0n) is 11.1. The Morgan fingerprint density at radius 3 is 2.72 bits per heavy atom. The topological polar surface area (TPSA) is 84.1 Å². The molecule has 1 aromatic heterocycles. The van der Waals surface area contributed by atoms with Crippen LogP contribution in [-0.2, 0) is 4.74 Å². The van der Waals surface area contributed by atoms with Crippen LogP contribution in [0, 0.1) is 0 Å². The molecule has 0 aliphatic rings. The van der Waals surface area contributed by atoms with Gasteiger partial charge in [0.15, 0.2) is 6.29 Å². The van der Waals surface area contributed by atoms with Gasteiger partial charge in [-0.2, -0.15) is 0 Å². The van der Waals surface area contributed by atoms with Crippen molar-refractivity contribution < 1.29 is 14.3 Å². The summed E-state index contributed by atoms with van der Waals surface area (Å²) in [6, 6.07) is -0.298. The maximum Gasteiger partial charge on any atom is 0.408 e. The van der Waals surface area contributed by atoms with Gasteiger partial charge in [0.2, 0.25) is 0 Å². The van der Waals surface area contributed by atoms with E-state index in [1.807, 2.05) is 6.92 Å². The number of aromatic nitrogens is 2. The summed E-state index contributed by atoms with van der Waals surface area (Å²) in [5.74, 6) is 0.547. The van der Waals surface area contributed by atoms with Crippen molar-refractivity contribution in [1.82, 2.24) is 15.3 Å². The van der Waals surface area contributed by atoms with Gasteiger partial charge < -0.3 is 15.0 Å². The summed E-state index contributed by atoms with van der Waals surface area (Å²) in [5, 5.41) is 2.71. The van der Waals surface area contributed by atoms with Crippen molar-refractivity contribution >= 4 is 12.4 Å². The molecule has 0 saturated heterocycles. The van der Waals surface area contributed by atoms with Crippen LogP contribution < -0.4 is 5.32 Å². The number of carbonyl (C=O) groups excluding carboxylic acids is 2. The van der Waals surface area contributed by atoms with Crippen LogP contribution in [0.15, 0.2) is 6.20 Å². The predicted molar refractivity (Wildman–Crippen MR) is 66.4 cm³/mol. The number of aromatic amines is 1. The van der Waals surface area contributed by atoms with Crippen LogP contribution in [0.2, 0.25) is 0 Å². The standard InChI is InChI=1S/C12H19N3O3/c1-5-9(10-13-6-8(7-16)14-10)15-11(17)18-12(2,3)4/h6-7,9H,5H2,1-4H3,(H,13,14)(H,15,17)/t9-/m0/s1. The van der Waals surface area contributed by atoms with Gasteiger partial charge in [-0.15, -0.1) is 0 Å². The van der Waals surface area contributed by atoms with Crippen molar-refractivity contribution in [2.45, 2.75) is 45.8 Å². The van der Waals surface area contributed by atoms with Crippen LogP contribution in [0.5, 0.6) is 0 Å². The van der Waals surface area contributed by atoms with E-state index in [0.717, 1.165) is 0 Å². The second-order valence-corrected chi connectivity index (χ2v) is 4.95. The van der Waals surface area contributed by atoms with Gasteiger partial charge in [0.1, 0.15) is 11.4 Å². The SMILES string of the molecule is CC[C@H](NC(=O)OC(C)(C)C)c1ncc(C=O)[nH]1. The third-order valence-corrected chi connectivity index (χ3v) is 2.17. The number of H-pyrrole nitrogens is 1. The molecule has 1 rings (SSSR count). The Morgan fingerprint density at radius 2 is 2.28 bits per heavy atom. The number of amides is 1. The molecule has 0 aromatic carbocycles. The average Bonchev–Trinajstić information content (AvgIpc) is 2.71. The fourth-order valence-corrected chi connectivity index (χ4v) is 1.40. The zero-order valence-corrected chi connectivity index (χ0v) is 11.1. The van der Waals surface area contributed by atoms with Gasteiger partial charge in [0, 0.05) is 0 Å². The number of carbonyl (C=O) groups is 2. The van der Waals surface area contributed by atoms with Gasteiger partial charge in [-0.1, -0.05) is 6.92 Å². The second kappa shape index (κ2) is 5.66. The number of alkyl carbamates (subject to hydrolysis) is 1. The maximum absolute atomic E-state index is 11.6. The van der Waals surface area contributed by atoms with Crippen molar-refractivity contribution in [3.8, 4) is 0 Å². The highest BCUT2D eigenvalue weighted by Crippen LogP contribution is 2.14. The number of imidazole rings is 1. The summed E-state index contributed by atoms with van der Waals surface area (Å²) >= 11 is 0. The number of hydrogen-bond acceptors (Lipinski definition) is 4. The fourth-order valence-electron chi connectivity index (χ4n) is 1.40. The summed E-state index contributed by atoms with van der Waals surface area (Å²) in [5.41, 5.74) is -0.158. The molecular weight excluding hydrogens is 234 g/mol. The molecule has 0 saturated carbocycles. The van der Waals surface area contributed by atoms with Crippen molar-refractivity contribution in [2.75, 3.05) is 0 Å². The second-order valence-electron chi connectivity index (χ2n) is 4.95. The highest BCUT2D eigenvalue weighted by Gasteiger charge is 2.21. The molecule has 1 heterocycles. The molecule has 6 nitrogen and oxygen atoms in total. The van der Waals surface area contributed by atoms with Gasteiger partial charge in [-0.25, -0.2) is 9.78 Å². The summed E-state index contributed by atoms with van der Waals surface area (Å²) in [6.07, 6.45) is 2.25. The number of nitrogens with zero attached hydrogens (tertiary/aromatic N) is 1. The maximum atomic E-state index is 11.6. The van der Waals surface area contributed by atoms with Crippen LogP contribution in [0.25, 0.3) is 0 Å². The number of nitrogens with one attached hydrogen (secondary N) is 2. The van der Waals surface area contributed by atoms with Gasteiger partial charge >= 0.3 is 6.09 Å². The van der Waals surface area contributed by atoms with E-state index in [9.17, 15) is 9.59 Å². The first-order valence-electron chi connectivity index (χ1n) is 5.85. The van der Waals surface area contributed by atoms with E-state index in [1.165, 1.54) is 6.20 Å². The lowest BCUT2D eigenvalue weighted by Gasteiger charge is -2.22. The molecule has 0 spiro atoms. The summed E-state index contributed by atoms with van der Waals surface area (Å²) in [6.45, 7) is 7.30. The first-order valence-corrected chi connectivity index (χ1v) is 5.85. The predicted octanol–water partition coefficient (Wildman–Crippen LogP) is 2.20. The molecule has 100 valence electrons. The third-order valence-electron chi connectivity index (χ3n) is 2.17. The summed E-state index contributed by atoms with van der Waals surface area (Å²) in [4.78, 5) is 29.1. The molecule has 1 aromatic rings. The number of ether oxygens (including phenoxy) is 1. The van der Waals surface area contributed by atoms with Crippen LogP contribution in [0.3, 0.4) is 0 Å². The fraction of sp³-hybridized carbons (Fsp3) is 0.583. The molecule has 1 atom stereocenters. The number of aldehydes is 1. The molecule has 0 bridgehead atoms. The first-order chi connectivity index (χ1) is 8.35. The first kappa shape index (κ1) is 14.2. The van der Waals surface area contributed by atoms with Gasteiger partial charge in [0.05, 0.1) is 17.9 Å². The summed E-state index contributed by atoms with van der Waals surface area (Å²) in [7, 11) is 0. The molecule has 0 aliphatic heterocycles. The van der Waals surface area contributed by atoms with E-state index in [2.05, 4.69) is 15.3 Å². The monoisotopic (exact) mass is 253 g/mol. The molecule has 0 unspecified atom stereocenters. The van der Waals surface area contributed by atoms with E-state index in [1.54, 1.807) is 20.8 Å². The zero-order chi connectivity index (χ0) is 13.8. The molecule has 2 N–H and O–H groups in total. The largest absolute Gasteiger partial charge is 0.444 e. The Hall–Kier alpha value is -1.85. The van der Waals surface area contributed by atoms with E-state index in [-0.39, 0.29) is 6.04 Å². The van der Waals surface area contributed by atoms with E-state index in [0.29, 0.717) is 24.2 Å². The Kier molecular flexibility index (Phi) is 4.47. The van der Waals surface area contributed by atoms with Crippen LogP contribution in [0.4, 0.5) is 4.79 Å². The minimum absolute atomic E-state index is 0.298. The lowest BCUT2D eigenvalue weighted by Crippen LogP contribution is -2.35. The normalized spacial score (nSPS) is 12.9. The van der Waals surface area contributed by atoms with Crippen LogP contribution in [-0.4, -0.2) is 27.9 Å². The Labute approximate surface area is 106 Å². The van der Waals surface area contributed by atoms with Gasteiger partial charge in [-0.05, 0) is 27.2 Å². The minimum atomic E-state index is -0.542. The number of rotatable bonds is 4. The van der Waals surface area contributed by atoms with Crippen molar-refractivity contribution in [3.63, 3.8) is 0 Å². The molecule has 0 aliphatic carbocycles. The van der Waals surface area contributed by atoms with E-state index < -0.39 is 11.7 Å². The van der Waals surface area contributed by atoms with E-state index in [4.69, 9.17) is 4.74 Å². The lowest BCUT2D eigenvalue weighted by atomic mass is 10.2. The summed E-state index contributed by atoms with van der Waals surface area (Å²) < 4.78 is 5.16. The lowest BCUT2D eigenvalue weighted by molar-refractivity contribution is 0.0500. The van der Waals surface area contributed by atoms with E-state index >= 15 is 0 Å². The smallest absolute Gasteiger partial charge is 0.408 e. The Bertz CT molecular complexity index is 420. The Balaban J connectivity index is 2.67. The third kappa shape index (κ3) is 4.20. The van der Waals surface area contributed by atoms with Crippen molar-refractivity contribution in [2.24, 2.45) is 0 Å². The molecule has 0 fully saturated rings. The molecule has 6 heteroatoms. The molecule has 0 radical (unpaired) electrons. The average molecular weight is 253 g/mol. The van der Waals surface area contributed by atoms with Gasteiger partial charge in [-0.3, -0.25) is 4.79 Å². The molecule has 18 heavy (non-hydrogen) atoms. The van der Waals surface area contributed by atoms with Gasteiger partial charge in [0.25, 0.3) is 0 Å². The quantitative estimate of drug-likeness (QED) is 0.806.